The molecule has 94 valence electrons. The van der Waals surface area contributed by atoms with Crippen LogP contribution in [0.4, 0.5) is 0 Å². The zero-order valence-corrected chi connectivity index (χ0v) is 12.7. The molecule has 0 heterocycles. The summed E-state index contributed by atoms with van der Waals surface area (Å²) in [6.07, 6.45) is 4.24. The Bertz CT molecular complexity index is 341. The van der Waals surface area contributed by atoms with Gasteiger partial charge in [0.25, 0.3) is 0 Å². The summed E-state index contributed by atoms with van der Waals surface area (Å²) in [6.45, 7) is 6.97. The SMILES string of the molecule is C=CCCC(CSc1cccc(Br)c1)NCC. The molecule has 0 fully saturated rings. The van der Waals surface area contributed by atoms with E-state index >= 15 is 0 Å². The van der Waals surface area contributed by atoms with Crippen LogP contribution in [-0.2, 0) is 0 Å². The van der Waals surface area contributed by atoms with Crippen molar-refractivity contribution in [2.24, 2.45) is 0 Å². The fourth-order valence-corrected chi connectivity index (χ4v) is 3.22. The van der Waals surface area contributed by atoms with Gasteiger partial charge in [-0.25, -0.2) is 0 Å². The minimum Gasteiger partial charge on any atom is -0.313 e. The predicted molar refractivity (Wildman–Crippen MR) is 81.8 cm³/mol. The van der Waals surface area contributed by atoms with Crippen molar-refractivity contribution in [2.45, 2.75) is 30.7 Å². The summed E-state index contributed by atoms with van der Waals surface area (Å²) in [7, 11) is 0. The molecule has 0 saturated heterocycles. The first-order chi connectivity index (χ1) is 8.26. The lowest BCUT2D eigenvalue weighted by molar-refractivity contribution is 0.542. The van der Waals surface area contributed by atoms with Crippen molar-refractivity contribution in [1.29, 1.82) is 0 Å². The summed E-state index contributed by atoms with van der Waals surface area (Å²) in [5, 5.41) is 3.52. The van der Waals surface area contributed by atoms with Crippen molar-refractivity contribution >= 4 is 27.7 Å². The van der Waals surface area contributed by atoms with Gasteiger partial charge in [-0.3, -0.25) is 0 Å². The van der Waals surface area contributed by atoms with Gasteiger partial charge in [-0.05, 0) is 37.6 Å². The fourth-order valence-electron chi connectivity index (χ4n) is 1.61. The number of rotatable bonds is 8. The summed E-state index contributed by atoms with van der Waals surface area (Å²) < 4.78 is 1.15. The second-order valence-corrected chi connectivity index (χ2v) is 5.90. The number of nitrogens with one attached hydrogen (secondary N) is 1. The topological polar surface area (TPSA) is 12.0 Å². The molecule has 1 rings (SSSR count). The van der Waals surface area contributed by atoms with Crippen molar-refractivity contribution in [2.75, 3.05) is 12.3 Å². The van der Waals surface area contributed by atoms with Crippen LogP contribution in [0.15, 0.2) is 46.3 Å². The smallest absolute Gasteiger partial charge is 0.0186 e. The molecular weight excluding hydrogens is 294 g/mol. The normalized spacial score (nSPS) is 12.4. The summed E-state index contributed by atoms with van der Waals surface area (Å²) in [4.78, 5) is 1.32. The van der Waals surface area contributed by atoms with E-state index in [1.54, 1.807) is 0 Å². The van der Waals surface area contributed by atoms with Gasteiger partial charge in [0.1, 0.15) is 0 Å². The largest absolute Gasteiger partial charge is 0.313 e. The Kier molecular flexibility index (Phi) is 7.65. The molecule has 1 unspecified atom stereocenters. The standard InChI is InChI=1S/C14H20BrNS/c1-3-5-8-13(16-4-2)11-17-14-9-6-7-12(15)10-14/h3,6-7,9-10,13,16H,1,4-5,8,11H2,2H3. The van der Waals surface area contributed by atoms with Crippen LogP contribution in [0.2, 0.25) is 0 Å². The van der Waals surface area contributed by atoms with Crippen LogP contribution >= 0.6 is 27.7 Å². The molecule has 17 heavy (non-hydrogen) atoms. The molecule has 1 nitrogen and oxygen atoms in total. The minimum atomic E-state index is 0.571. The molecule has 0 aliphatic carbocycles. The Hall–Kier alpha value is -0.250. The van der Waals surface area contributed by atoms with Gasteiger partial charge in [-0.2, -0.15) is 0 Å². The maximum absolute atomic E-state index is 3.78. The van der Waals surface area contributed by atoms with Crippen molar-refractivity contribution in [1.82, 2.24) is 5.32 Å². The Morgan fingerprint density at radius 2 is 2.35 bits per heavy atom. The first-order valence-corrected chi connectivity index (χ1v) is 7.76. The second-order valence-electron chi connectivity index (χ2n) is 3.89. The van der Waals surface area contributed by atoms with Crippen LogP contribution < -0.4 is 5.32 Å². The quantitative estimate of drug-likeness (QED) is 0.560. The summed E-state index contributed by atoms with van der Waals surface area (Å²) in [5.41, 5.74) is 0. The molecule has 0 aromatic heterocycles. The lowest BCUT2D eigenvalue weighted by Gasteiger charge is -2.16. The lowest BCUT2D eigenvalue weighted by atomic mass is 10.2. The molecule has 1 aromatic rings. The monoisotopic (exact) mass is 313 g/mol. The van der Waals surface area contributed by atoms with E-state index in [4.69, 9.17) is 0 Å². The Morgan fingerprint density at radius 1 is 1.53 bits per heavy atom. The van der Waals surface area contributed by atoms with Gasteiger partial charge < -0.3 is 5.32 Å². The van der Waals surface area contributed by atoms with E-state index in [9.17, 15) is 0 Å². The van der Waals surface area contributed by atoms with Crippen LogP contribution in [0.5, 0.6) is 0 Å². The summed E-state index contributed by atoms with van der Waals surface area (Å²) in [6, 6.07) is 9.04. The van der Waals surface area contributed by atoms with E-state index < -0.39 is 0 Å². The number of halogens is 1. The lowest BCUT2D eigenvalue weighted by Crippen LogP contribution is -2.30. The highest BCUT2D eigenvalue weighted by Gasteiger charge is 2.06. The molecule has 0 radical (unpaired) electrons. The highest BCUT2D eigenvalue weighted by Crippen LogP contribution is 2.23. The molecule has 0 saturated carbocycles. The zero-order chi connectivity index (χ0) is 12.5. The van der Waals surface area contributed by atoms with Gasteiger partial charge in [0.05, 0.1) is 0 Å². The van der Waals surface area contributed by atoms with E-state index in [0.717, 1.165) is 23.2 Å². The molecule has 1 N–H and O–H groups in total. The number of benzene rings is 1. The number of hydrogen-bond donors (Lipinski definition) is 1. The zero-order valence-electron chi connectivity index (χ0n) is 10.3. The van der Waals surface area contributed by atoms with E-state index in [1.165, 1.54) is 11.3 Å². The molecule has 0 aliphatic rings. The Morgan fingerprint density at radius 3 is 3.00 bits per heavy atom. The average molecular weight is 314 g/mol. The van der Waals surface area contributed by atoms with Crippen LogP contribution in [-0.4, -0.2) is 18.3 Å². The molecule has 0 amide bonds. The first-order valence-electron chi connectivity index (χ1n) is 5.99. The van der Waals surface area contributed by atoms with Crippen LogP contribution in [0.1, 0.15) is 19.8 Å². The molecule has 1 aromatic carbocycles. The molecular formula is C14H20BrNS. The second kappa shape index (κ2) is 8.78. The maximum atomic E-state index is 3.78. The number of thioether (sulfide) groups is 1. The van der Waals surface area contributed by atoms with Crippen molar-refractivity contribution < 1.29 is 0 Å². The number of hydrogen-bond acceptors (Lipinski definition) is 2. The van der Waals surface area contributed by atoms with Crippen LogP contribution in [0, 0.1) is 0 Å². The maximum Gasteiger partial charge on any atom is 0.0186 e. The minimum absolute atomic E-state index is 0.571. The van der Waals surface area contributed by atoms with E-state index in [2.05, 4.69) is 59.0 Å². The van der Waals surface area contributed by atoms with Gasteiger partial charge >= 0.3 is 0 Å². The van der Waals surface area contributed by atoms with Gasteiger partial charge in [-0.1, -0.05) is 35.0 Å². The van der Waals surface area contributed by atoms with Crippen molar-refractivity contribution in [3.63, 3.8) is 0 Å². The Balaban J connectivity index is 2.42. The third-order valence-electron chi connectivity index (χ3n) is 2.46. The molecule has 0 aliphatic heterocycles. The van der Waals surface area contributed by atoms with Crippen LogP contribution in [0.3, 0.4) is 0 Å². The van der Waals surface area contributed by atoms with Gasteiger partial charge in [-0.15, -0.1) is 18.3 Å². The predicted octanol–water partition coefficient (Wildman–Crippen LogP) is 4.49. The summed E-state index contributed by atoms with van der Waals surface area (Å²) >= 11 is 5.41. The third kappa shape index (κ3) is 6.29. The Labute approximate surface area is 117 Å². The van der Waals surface area contributed by atoms with Crippen molar-refractivity contribution in [3.05, 3.63) is 41.4 Å². The van der Waals surface area contributed by atoms with Gasteiger partial charge in [0, 0.05) is 21.2 Å². The number of allylic oxidation sites excluding steroid dienone is 1. The van der Waals surface area contributed by atoms with E-state index in [0.29, 0.717) is 6.04 Å². The van der Waals surface area contributed by atoms with Gasteiger partial charge in [0.15, 0.2) is 0 Å². The fraction of sp³-hybridized carbons (Fsp3) is 0.429. The van der Waals surface area contributed by atoms with Crippen molar-refractivity contribution in [3.8, 4) is 0 Å². The third-order valence-corrected chi connectivity index (χ3v) is 4.11. The van der Waals surface area contributed by atoms with Gasteiger partial charge in [0.2, 0.25) is 0 Å². The van der Waals surface area contributed by atoms with E-state index in [-0.39, 0.29) is 0 Å². The summed E-state index contributed by atoms with van der Waals surface area (Å²) in [5.74, 6) is 1.11. The molecule has 1 atom stereocenters. The molecule has 3 heteroatoms. The van der Waals surface area contributed by atoms with E-state index in [1.807, 2.05) is 17.8 Å². The van der Waals surface area contributed by atoms with Crippen LogP contribution in [0.25, 0.3) is 0 Å². The average Bonchev–Trinajstić information content (AvgIpc) is 2.33. The highest BCUT2D eigenvalue weighted by molar-refractivity contribution is 9.10. The molecule has 0 spiro atoms. The molecule has 0 bridgehead atoms. The first kappa shape index (κ1) is 14.8. The highest BCUT2D eigenvalue weighted by atomic mass is 79.9.